The summed E-state index contributed by atoms with van der Waals surface area (Å²) in [7, 11) is 0. The summed E-state index contributed by atoms with van der Waals surface area (Å²) in [5, 5.41) is 14.7. The zero-order valence-electron chi connectivity index (χ0n) is 8.06. The van der Waals surface area contributed by atoms with Gasteiger partial charge in [-0.3, -0.25) is 0 Å². The third-order valence-corrected chi connectivity index (χ3v) is 1.36. The summed E-state index contributed by atoms with van der Waals surface area (Å²) in [5.41, 5.74) is 4.88. The smallest absolute Gasteiger partial charge is 0.0605 e. The first-order valence-electron chi connectivity index (χ1n) is 4.37. The van der Waals surface area contributed by atoms with Gasteiger partial charge in [-0.15, -0.1) is 0 Å². The van der Waals surface area contributed by atoms with Crippen LogP contribution in [0.25, 0.3) is 0 Å². The maximum atomic E-state index is 8.28. The quantitative estimate of drug-likeness (QED) is 0.408. The van der Waals surface area contributed by atoms with E-state index >= 15 is 0 Å². The molecule has 0 saturated carbocycles. The molecule has 0 unspecified atom stereocenters. The number of hydrogen-bond donors (Lipinski definition) is 4. The Morgan fingerprint density at radius 3 is 1.50 bits per heavy atom. The molecule has 0 amide bonds. The van der Waals surface area contributed by atoms with Crippen LogP contribution in [0.5, 0.6) is 0 Å². The molecule has 0 aliphatic carbocycles. The Labute approximate surface area is 74.5 Å². The third kappa shape index (κ3) is 9.84. The lowest BCUT2D eigenvalue weighted by atomic mass is 10.1. The predicted molar refractivity (Wildman–Crippen MR) is 51.1 cm³/mol. The number of hydrogen-bond acceptors (Lipinski definition) is 4. The van der Waals surface area contributed by atoms with E-state index in [4.69, 9.17) is 10.8 Å². The molecule has 1 heterocycles. The second kappa shape index (κ2) is 6.37. The molecule has 0 aromatic carbocycles. The lowest BCUT2D eigenvalue weighted by Crippen LogP contribution is -2.39. The van der Waals surface area contributed by atoms with Crippen LogP contribution in [0, 0.1) is 0 Å². The summed E-state index contributed by atoms with van der Waals surface area (Å²) >= 11 is 0. The van der Waals surface area contributed by atoms with Crippen LogP contribution in [-0.2, 0) is 0 Å². The SMILES string of the molecule is C1CNCCN1.CC(C)(N)CO. The van der Waals surface area contributed by atoms with Gasteiger partial charge in [0.25, 0.3) is 0 Å². The Bertz CT molecular complexity index is 85.5. The zero-order valence-corrected chi connectivity index (χ0v) is 8.06. The molecule has 74 valence electrons. The minimum Gasteiger partial charge on any atom is -0.394 e. The largest absolute Gasteiger partial charge is 0.394 e. The topological polar surface area (TPSA) is 70.3 Å². The predicted octanol–water partition coefficient (Wildman–Crippen LogP) is -1.10. The summed E-state index contributed by atoms with van der Waals surface area (Å²) in [4.78, 5) is 0. The average Bonchev–Trinajstić information content (AvgIpc) is 2.07. The highest BCUT2D eigenvalue weighted by Gasteiger charge is 2.05. The molecule has 0 bridgehead atoms. The van der Waals surface area contributed by atoms with Gasteiger partial charge in [0, 0.05) is 31.7 Å². The molecular formula is C8H21N3O. The first-order chi connectivity index (χ1) is 5.56. The van der Waals surface area contributed by atoms with Gasteiger partial charge in [0.15, 0.2) is 0 Å². The monoisotopic (exact) mass is 175 g/mol. The van der Waals surface area contributed by atoms with Crippen LogP contribution in [0.15, 0.2) is 0 Å². The van der Waals surface area contributed by atoms with Crippen molar-refractivity contribution in [1.29, 1.82) is 0 Å². The van der Waals surface area contributed by atoms with Gasteiger partial charge in [-0.05, 0) is 13.8 Å². The van der Waals surface area contributed by atoms with E-state index in [2.05, 4.69) is 10.6 Å². The van der Waals surface area contributed by atoms with Gasteiger partial charge in [0.1, 0.15) is 0 Å². The molecule has 12 heavy (non-hydrogen) atoms. The van der Waals surface area contributed by atoms with Crippen molar-refractivity contribution in [1.82, 2.24) is 10.6 Å². The summed E-state index contributed by atoms with van der Waals surface area (Å²) in [6, 6.07) is 0. The Hall–Kier alpha value is -0.160. The second-order valence-corrected chi connectivity index (χ2v) is 3.65. The van der Waals surface area contributed by atoms with Crippen molar-refractivity contribution >= 4 is 0 Å². The summed E-state index contributed by atoms with van der Waals surface area (Å²) in [6.07, 6.45) is 0. The van der Waals surface area contributed by atoms with E-state index in [0.29, 0.717) is 0 Å². The van der Waals surface area contributed by atoms with Gasteiger partial charge in [-0.25, -0.2) is 0 Å². The highest BCUT2D eigenvalue weighted by Crippen LogP contribution is 1.89. The number of aliphatic hydroxyl groups excluding tert-OH is 1. The normalized spacial score (nSPS) is 18.0. The highest BCUT2D eigenvalue weighted by atomic mass is 16.3. The molecule has 1 aliphatic rings. The number of nitrogens with one attached hydrogen (secondary N) is 2. The summed E-state index contributed by atoms with van der Waals surface area (Å²) in [5.74, 6) is 0. The van der Waals surface area contributed by atoms with Crippen molar-refractivity contribution in [3.05, 3.63) is 0 Å². The van der Waals surface area contributed by atoms with Crippen molar-refractivity contribution in [2.45, 2.75) is 19.4 Å². The third-order valence-electron chi connectivity index (χ3n) is 1.36. The van der Waals surface area contributed by atoms with Crippen LogP contribution in [0.3, 0.4) is 0 Å². The molecular weight excluding hydrogens is 154 g/mol. The van der Waals surface area contributed by atoms with Gasteiger partial charge in [-0.2, -0.15) is 0 Å². The van der Waals surface area contributed by atoms with Crippen LogP contribution in [0.2, 0.25) is 0 Å². The molecule has 4 heteroatoms. The number of aliphatic hydroxyl groups is 1. The fraction of sp³-hybridized carbons (Fsp3) is 1.00. The minimum atomic E-state index is -0.403. The molecule has 0 aromatic rings. The Balaban J connectivity index is 0.000000202. The molecule has 0 spiro atoms. The first kappa shape index (κ1) is 11.8. The van der Waals surface area contributed by atoms with Crippen molar-refractivity contribution in [3.63, 3.8) is 0 Å². The molecule has 1 saturated heterocycles. The lowest BCUT2D eigenvalue weighted by molar-refractivity contribution is 0.221. The molecule has 1 fully saturated rings. The highest BCUT2D eigenvalue weighted by molar-refractivity contribution is 4.67. The number of rotatable bonds is 1. The van der Waals surface area contributed by atoms with Gasteiger partial charge in [0.05, 0.1) is 6.61 Å². The van der Waals surface area contributed by atoms with E-state index in [9.17, 15) is 0 Å². The molecule has 0 radical (unpaired) electrons. The maximum Gasteiger partial charge on any atom is 0.0605 e. The van der Waals surface area contributed by atoms with Gasteiger partial charge < -0.3 is 21.5 Å². The van der Waals surface area contributed by atoms with E-state index in [0.717, 1.165) is 26.2 Å². The molecule has 4 nitrogen and oxygen atoms in total. The molecule has 0 atom stereocenters. The number of nitrogens with two attached hydrogens (primary N) is 1. The molecule has 0 aromatic heterocycles. The Kier molecular flexibility index (Phi) is 6.28. The van der Waals surface area contributed by atoms with E-state index < -0.39 is 5.54 Å². The molecule has 1 aliphatic heterocycles. The van der Waals surface area contributed by atoms with Crippen LogP contribution < -0.4 is 16.4 Å². The standard InChI is InChI=1S/C4H10N2.C4H11NO/c1-2-6-4-3-5-1;1-4(2,5)3-6/h5-6H,1-4H2;6H,3,5H2,1-2H3. The van der Waals surface area contributed by atoms with Crippen LogP contribution in [0.1, 0.15) is 13.8 Å². The van der Waals surface area contributed by atoms with E-state index in [1.165, 1.54) is 0 Å². The second-order valence-electron chi connectivity index (χ2n) is 3.65. The maximum absolute atomic E-state index is 8.28. The van der Waals surface area contributed by atoms with Crippen molar-refractivity contribution in [3.8, 4) is 0 Å². The summed E-state index contributed by atoms with van der Waals surface area (Å²) < 4.78 is 0. The van der Waals surface area contributed by atoms with Crippen molar-refractivity contribution < 1.29 is 5.11 Å². The molecule has 1 rings (SSSR count). The number of piperazine rings is 1. The zero-order chi connectivity index (χ0) is 9.45. The minimum absolute atomic E-state index is 0.0486. The average molecular weight is 175 g/mol. The van der Waals surface area contributed by atoms with E-state index in [-0.39, 0.29) is 6.61 Å². The van der Waals surface area contributed by atoms with Gasteiger partial charge in [0.2, 0.25) is 0 Å². The lowest BCUT2D eigenvalue weighted by Gasteiger charge is -2.12. The van der Waals surface area contributed by atoms with Gasteiger partial charge >= 0.3 is 0 Å². The summed E-state index contributed by atoms with van der Waals surface area (Å²) in [6.45, 7) is 8.15. The van der Waals surface area contributed by atoms with E-state index in [1.54, 1.807) is 13.8 Å². The van der Waals surface area contributed by atoms with Gasteiger partial charge in [-0.1, -0.05) is 0 Å². The fourth-order valence-corrected chi connectivity index (χ4v) is 0.604. The Morgan fingerprint density at radius 2 is 1.42 bits per heavy atom. The van der Waals surface area contributed by atoms with Crippen LogP contribution in [-0.4, -0.2) is 43.4 Å². The first-order valence-corrected chi connectivity index (χ1v) is 4.37. The van der Waals surface area contributed by atoms with Crippen LogP contribution >= 0.6 is 0 Å². The van der Waals surface area contributed by atoms with Crippen LogP contribution in [0.4, 0.5) is 0 Å². The molecule has 5 N–H and O–H groups in total. The Morgan fingerprint density at radius 1 is 1.17 bits per heavy atom. The van der Waals surface area contributed by atoms with E-state index in [1.807, 2.05) is 0 Å². The van der Waals surface area contributed by atoms with Crippen molar-refractivity contribution in [2.24, 2.45) is 5.73 Å². The fourth-order valence-electron chi connectivity index (χ4n) is 0.604. The van der Waals surface area contributed by atoms with Crippen molar-refractivity contribution in [2.75, 3.05) is 32.8 Å².